The smallest absolute Gasteiger partial charge is 0.256 e. The second-order valence-electron chi connectivity index (χ2n) is 8.10. The summed E-state index contributed by atoms with van der Waals surface area (Å²) in [5, 5.41) is 10.5. The Bertz CT molecular complexity index is 889. The van der Waals surface area contributed by atoms with Gasteiger partial charge in [-0.2, -0.15) is 0 Å². The number of likely N-dealkylation sites (tertiary alicyclic amines) is 1. The Hall–Kier alpha value is -2.58. The van der Waals surface area contributed by atoms with Crippen LogP contribution in [0.3, 0.4) is 0 Å². The molecule has 0 unspecified atom stereocenters. The molecule has 2 aliphatic rings. The summed E-state index contributed by atoms with van der Waals surface area (Å²) >= 11 is 0. The monoisotopic (exact) mass is 397 g/mol. The second-order valence-corrected chi connectivity index (χ2v) is 8.10. The molecule has 8 nitrogen and oxygen atoms in total. The van der Waals surface area contributed by atoms with Gasteiger partial charge in [-0.25, -0.2) is 4.98 Å². The van der Waals surface area contributed by atoms with Crippen molar-refractivity contribution >= 4 is 5.91 Å². The van der Waals surface area contributed by atoms with E-state index in [2.05, 4.69) is 19.9 Å². The van der Waals surface area contributed by atoms with Gasteiger partial charge < -0.3 is 14.7 Å². The van der Waals surface area contributed by atoms with Gasteiger partial charge in [0.15, 0.2) is 0 Å². The van der Waals surface area contributed by atoms with Crippen molar-refractivity contribution in [2.75, 3.05) is 20.2 Å². The summed E-state index contributed by atoms with van der Waals surface area (Å²) in [4.78, 5) is 29.7. The Kier molecular flexibility index (Phi) is 5.47. The van der Waals surface area contributed by atoms with Crippen LogP contribution in [0.1, 0.15) is 41.2 Å². The number of aliphatic hydroxyl groups is 1. The minimum Gasteiger partial charge on any atom is -0.481 e. The maximum absolute atomic E-state index is 12.7. The molecule has 2 aromatic rings. The van der Waals surface area contributed by atoms with Crippen LogP contribution in [0.2, 0.25) is 0 Å². The van der Waals surface area contributed by atoms with Crippen LogP contribution in [-0.4, -0.2) is 68.1 Å². The number of methoxy groups -OCH3 is 1. The number of carbonyl (C=O) groups is 1. The maximum atomic E-state index is 12.7. The number of aliphatic hydroxyl groups excluding tert-OH is 1. The molecule has 29 heavy (non-hydrogen) atoms. The lowest BCUT2D eigenvalue weighted by Crippen LogP contribution is -2.30. The molecule has 0 saturated carbocycles. The summed E-state index contributed by atoms with van der Waals surface area (Å²) in [6.07, 6.45) is 5.33. The number of hydrogen-bond donors (Lipinski definition) is 1. The summed E-state index contributed by atoms with van der Waals surface area (Å²) in [5.74, 6) is 0.667. The van der Waals surface area contributed by atoms with E-state index >= 15 is 0 Å². The van der Waals surface area contributed by atoms with E-state index in [1.165, 1.54) is 0 Å². The number of hydrogen-bond acceptors (Lipinski definition) is 7. The van der Waals surface area contributed by atoms with Crippen molar-refractivity contribution < 1.29 is 14.6 Å². The number of fused-ring (bicyclic) bond motifs is 1. The standard InChI is InChI=1S/C21H27N5O3/c1-13(2)26-11-18-17(21(26)28)7-15(20(24-18)29-3)10-25-9-14(19(27)12-25)6-16-8-22-4-5-23-16/h4-5,7-8,13-14,19,27H,6,9-12H2,1-3H3/t14-,19-/m1/s1. The fraction of sp³-hybridized carbons (Fsp3) is 0.524. The summed E-state index contributed by atoms with van der Waals surface area (Å²) in [6.45, 7) is 6.41. The molecule has 0 spiro atoms. The molecule has 1 N–H and O–H groups in total. The summed E-state index contributed by atoms with van der Waals surface area (Å²) in [5.41, 5.74) is 3.18. The first-order valence-electron chi connectivity index (χ1n) is 9.99. The third-order valence-electron chi connectivity index (χ3n) is 5.73. The Morgan fingerprint density at radius 3 is 2.83 bits per heavy atom. The van der Waals surface area contributed by atoms with Crippen molar-refractivity contribution in [3.05, 3.63) is 47.2 Å². The number of ether oxygens (including phenoxy) is 1. The molecule has 2 aromatic heterocycles. The largest absolute Gasteiger partial charge is 0.481 e. The number of nitrogens with zero attached hydrogens (tertiary/aromatic N) is 5. The molecule has 8 heteroatoms. The van der Waals surface area contributed by atoms with E-state index in [1.54, 1.807) is 25.7 Å². The van der Waals surface area contributed by atoms with Crippen LogP contribution < -0.4 is 4.74 Å². The third-order valence-corrected chi connectivity index (χ3v) is 5.73. The van der Waals surface area contributed by atoms with Gasteiger partial charge in [-0.05, 0) is 26.3 Å². The number of carbonyl (C=O) groups excluding carboxylic acids is 1. The van der Waals surface area contributed by atoms with Crippen molar-refractivity contribution in [2.24, 2.45) is 5.92 Å². The van der Waals surface area contributed by atoms with Crippen LogP contribution in [-0.2, 0) is 19.5 Å². The summed E-state index contributed by atoms with van der Waals surface area (Å²) < 4.78 is 5.51. The van der Waals surface area contributed by atoms with E-state index < -0.39 is 6.10 Å². The third kappa shape index (κ3) is 3.95. The molecule has 1 fully saturated rings. The number of rotatable bonds is 6. The van der Waals surface area contributed by atoms with Crippen LogP contribution in [0.25, 0.3) is 0 Å². The summed E-state index contributed by atoms with van der Waals surface area (Å²) in [7, 11) is 1.60. The lowest BCUT2D eigenvalue weighted by Gasteiger charge is -2.19. The van der Waals surface area contributed by atoms with Gasteiger partial charge in [-0.3, -0.25) is 19.7 Å². The highest BCUT2D eigenvalue weighted by Crippen LogP contribution is 2.30. The number of β-amino-alcohol motifs (C(OH)–C–C–N with tert-alkyl or cyclic N) is 1. The number of aromatic nitrogens is 3. The minimum atomic E-state index is -0.427. The first-order valence-corrected chi connectivity index (χ1v) is 9.99. The second kappa shape index (κ2) is 8.04. The van der Waals surface area contributed by atoms with E-state index in [-0.39, 0.29) is 17.9 Å². The van der Waals surface area contributed by atoms with Crippen LogP contribution in [0.4, 0.5) is 0 Å². The Balaban J connectivity index is 1.49. The molecule has 0 radical (unpaired) electrons. The van der Waals surface area contributed by atoms with Crippen molar-refractivity contribution in [3.8, 4) is 5.88 Å². The first kappa shape index (κ1) is 19.7. The summed E-state index contributed by atoms with van der Waals surface area (Å²) in [6, 6.07) is 2.04. The highest BCUT2D eigenvalue weighted by molar-refractivity contribution is 5.98. The van der Waals surface area contributed by atoms with Crippen molar-refractivity contribution in [1.29, 1.82) is 0 Å². The topological polar surface area (TPSA) is 91.7 Å². The highest BCUT2D eigenvalue weighted by atomic mass is 16.5. The number of pyridine rings is 1. The van der Waals surface area contributed by atoms with Crippen LogP contribution >= 0.6 is 0 Å². The van der Waals surface area contributed by atoms with E-state index in [0.717, 1.165) is 23.5 Å². The SMILES string of the molecule is COc1nc2c(cc1CN1C[C@@H](Cc3cnccn3)[C@H](O)C1)C(=O)N(C(C)C)C2. The van der Waals surface area contributed by atoms with Crippen molar-refractivity contribution in [3.63, 3.8) is 0 Å². The van der Waals surface area contributed by atoms with Gasteiger partial charge in [0.05, 0.1) is 36.7 Å². The normalized spacial score (nSPS) is 21.8. The molecule has 0 aliphatic carbocycles. The molecule has 0 aromatic carbocycles. The Morgan fingerprint density at radius 2 is 2.14 bits per heavy atom. The van der Waals surface area contributed by atoms with Gasteiger partial charge in [0, 0.05) is 55.7 Å². The van der Waals surface area contributed by atoms with E-state index in [4.69, 9.17) is 4.74 Å². The molecule has 2 atom stereocenters. The molecule has 1 amide bonds. The van der Waals surface area contributed by atoms with Crippen molar-refractivity contribution in [1.82, 2.24) is 24.8 Å². The quantitative estimate of drug-likeness (QED) is 0.785. The van der Waals surface area contributed by atoms with Crippen LogP contribution in [0.5, 0.6) is 5.88 Å². The molecular formula is C21H27N5O3. The lowest BCUT2D eigenvalue weighted by atomic mass is 10.0. The van der Waals surface area contributed by atoms with E-state index in [0.29, 0.717) is 37.5 Å². The van der Waals surface area contributed by atoms with Gasteiger partial charge in [0.1, 0.15) is 0 Å². The van der Waals surface area contributed by atoms with Gasteiger partial charge >= 0.3 is 0 Å². The molecule has 1 saturated heterocycles. The fourth-order valence-corrected chi connectivity index (χ4v) is 4.19. The van der Waals surface area contributed by atoms with Crippen molar-refractivity contribution in [2.45, 2.75) is 45.5 Å². The first-order chi connectivity index (χ1) is 14.0. The lowest BCUT2D eigenvalue weighted by molar-refractivity contribution is 0.0730. The molecule has 0 bridgehead atoms. The van der Waals surface area contributed by atoms with Gasteiger partial charge in [-0.15, -0.1) is 0 Å². The Labute approximate surface area is 170 Å². The Morgan fingerprint density at radius 1 is 1.31 bits per heavy atom. The fourth-order valence-electron chi connectivity index (χ4n) is 4.19. The average molecular weight is 397 g/mol. The van der Waals surface area contributed by atoms with E-state index in [1.807, 2.05) is 24.8 Å². The van der Waals surface area contributed by atoms with Gasteiger partial charge in [0.2, 0.25) is 5.88 Å². The molecule has 4 heterocycles. The maximum Gasteiger partial charge on any atom is 0.256 e. The van der Waals surface area contributed by atoms with Gasteiger partial charge in [0.25, 0.3) is 5.91 Å². The predicted octanol–water partition coefficient (Wildman–Crippen LogP) is 1.28. The molecule has 2 aliphatic heterocycles. The average Bonchev–Trinajstić information content (AvgIpc) is 3.21. The van der Waals surface area contributed by atoms with Crippen LogP contribution in [0.15, 0.2) is 24.7 Å². The predicted molar refractivity (Wildman–Crippen MR) is 106 cm³/mol. The highest BCUT2D eigenvalue weighted by Gasteiger charge is 2.34. The molecule has 4 rings (SSSR count). The molecule has 154 valence electrons. The molecular weight excluding hydrogens is 370 g/mol. The van der Waals surface area contributed by atoms with E-state index in [9.17, 15) is 9.90 Å². The zero-order valence-corrected chi connectivity index (χ0v) is 17.1. The zero-order chi connectivity index (χ0) is 20.5. The minimum absolute atomic E-state index is 0.0217. The zero-order valence-electron chi connectivity index (χ0n) is 17.1. The van der Waals surface area contributed by atoms with Gasteiger partial charge in [-0.1, -0.05) is 0 Å². The number of amides is 1. The van der Waals surface area contributed by atoms with Crippen LogP contribution in [0, 0.1) is 5.92 Å².